The third kappa shape index (κ3) is 4.97. The van der Waals surface area contributed by atoms with Crippen LogP contribution in [0.2, 0.25) is 0 Å². The smallest absolute Gasteiger partial charge is 0.278 e. The summed E-state index contributed by atoms with van der Waals surface area (Å²) in [7, 11) is 0. The molecule has 0 radical (unpaired) electrons. The molecule has 6 heteroatoms. The molecule has 0 saturated heterocycles. The van der Waals surface area contributed by atoms with Crippen molar-refractivity contribution in [3.05, 3.63) is 65.9 Å². The molecule has 2 aromatic rings. The van der Waals surface area contributed by atoms with Crippen molar-refractivity contribution < 1.29 is 19.1 Å². The van der Waals surface area contributed by atoms with Crippen LogP contribution in [-0.2, 0) is 14.3 Å². The van der Waals surface area contributed by atoms with Crippen molar-refractivity contribution in [2.24, 2.45) is 0 Å². The lowest BCUT2D eigenvalue weighted by Gasteiger charge is -2.25. The van der Waals surface area contributed by atoms with Crippen LogP contribution in [0.3, 0.4) is 0 Å². The first kappa shape index (κ1) is 22.6. The van der Waals surface area contributed by atoms with Crippen molar-refractivity contribution in [2.75, 3.05) is 37.8 Å². The van der Waals surface area contributed by atoms with Crippen LogP contribution in [0.25, 0.3) is 5.57 Å². The number of hydrogen-bond acceptors (Lipinski definition) is 5. The van der Waals surface area contributed by atoms with Crippen LogP contribution in [0.1, 0.15) is 32.8 Å². The number of ether oxygens (including phenoxy) is 2. The maximum Gasteiger partial charge on any atom is 0.278 e. The van der Waals surface area contributed by atoms with Gasteiger partial charge in [0.1, 0.15) is 11.4 Å². The summed E-state index contributed by atoms with van der Waals surface area (Å²) in [4.78, 5) is 30.1. The fraction of sp³-hybridized carbons (Fsp3) is 0.360. The van der Waals surface area contributed by atoms with Crippen LogP contribution in [0, 0.1) is 0 Å². The zero-order chi connectivity index (χ0) is 22.2. The number of imide groups is 1. The van der Waals surface area contributed by atoms with E-state index in [1.54, 1.807) is 0 Å². The Morgan fingerprint density at radius 3 is 2.19 bits per heavy atom. The fourth-order valence-electron chi connectivity index (χ4n) is 3.71. The van der Waals surface area contributed by atoms with Gasteiger partial charge < -0.3 is 14.4 Å². The van der Waals surface area contributed by atoms with Gasteiger partial charge in [0.15, 0.2) is 0 Å². The molecule has 164 valence electrons. The van der Waals surface area contributed by atoms with Crippen molar-refractivity contribution in [3.63, 3.8) is 0 Å². The van der Waals surface area contributed by atoms with E-state index < -0.39 is 0 Å². The molecule has 1 aliphatic heterocycles. The van der Waals surface area contributed by atoms with Gasteiger partial charge in [-0.25, -0.2) is 0 Å². The molecule has 0 unspecified atom stereocenters. The van der Waals surface area contributed by atoms with Gasteiger partial charge in [0.2, 0.25) is 0 Å². The van der Waals surface area contributed by atoms with Gasteiger partial charge in [0.25, 0.3) is 11.8 Å². The minimum Gasteiger partial charge on any atom is -0.494 e. The molecule has 0 fully saturated rings. The van der Waals surface area contributed by atoms with Crippen molar-refractivity contribution in [1.82, 2.24) is 4.90 Å². The summed E-state index contributed by atoms with van der Waals surface area (Å²) in [6.07, 6.45) is 0.604. The molecule has 1 aliphatic rings. The number of nitrogens with zero attached hydrogens (tertiary/aromatic N) is 2. The van der Waals surface area contributed by atoms with Gasteiger partial charge in [0.05, 0.1) is 12.2 Å². The van der Waals surface area contributed by atoms with E-state index in [-0.39, 0.29) is 11.8 Å². The SMILES string of the molecule is CCOCCCN1C(=O)C(c2ccc(OCC)cc2)=C(N(CC)c2ccccc2)C1=O. The summed E-state index contributed by atoms with van der Waals surface area (Å²) in [6, 6.07) is 17.0. The largest absolute Gasteiger partial charge is 0.494 e. The van der Waals surface area contributed by atoms with Crippen LogP contribution in [0.4, 0.5) is 5.69 Å². The second-order valence-electron chi connectivity index (χ2n) is 7.07. The Morgan fingerprint density at radius 2 is 1.58 bits per heavy atom. The lowest BCUT2D eigenvalue weighted by atomic mass is 10.0. The molecule has 6 nitrogen and oxygen atoms in total. The lowest BCUT2D eigenvalue weighted by molar-refractivity contribution is -0.137. The Hall–Kier alpha value is -3.12. The monoisotopic (exact) mass is 422 g/mol. The Bertz CT molecular complexity index is 922. The molecule has 0 aromatic heterocycles. The topological polar surface area (TPSA) is 59.1 Å². The van der Waals surface area contributed by atoms with Crippen molar-refractivity contribution in [1.29, 1.82) is 0 Å². The predicted octanol–water partition coefficient (Wildman–Crippen LogP) is 4.12. The Labute approximate surface area is 184 Å². The minimum atomic E-state index is -0.268. The highest BCUT2D eigenvalue weighted by molar-refractivity contribution is 6.36. The van der Waals surface area contributed by atoms with Gasteiger partial charge in [0, 0.05) is 32.0 Å². The third-order valence-corrected chi connectivity index (χ3v) is 5.13. The van der Waals surface area contributed by atoms with Gasteiger partial charge in [-0.2, -0.15) is 0 Å². The maximum atomic E-state index is 13.4. The Morgan fingerprint density at radius 1 is 0.871 bits per heavy atom. The zero-order valence-corrected chi connectivity index (χ0v) is 18.5. The Balaban J connectivity index is 2.02. The molecular formula is C25H30N2O4. The number of carbonyl (C=O) groups excluding carboxylic acids is 2. The lowest BCUT2D eigenvalue weighted by Crippen LogP contribution is -2.36. The van der Waals surface area contributed by atoms with Crippen LogP contribution in [-0.4, -0.2) is 49.6 Å². The van der Waals surface area contributed by atoms with E-state index in [2.05, 4.69) is 0 Å². The number of likely N-dealkylation sites (N-methyl/N-ethyl adjacent to an activating group) is 1. The van der Waals surface area contributed by atoms with Gasteiger partial charge in [-0.1, -0.05) is 30.3 Å². The first-order valence-electron chi connectivity index (χ1n) is 10.9. The summed E-state index contributed by atoms with van der Waals surface area (Å²) < 4.78 is 10.9. The summed E-state index contributed by atoms with van der Waals surface area (Å²) in [5, 5.41) is 0. The molecule has 31 heavy (non-hydrogen) atoms. The molecule has 3 rings (SSSR count). The number of carbonyl (C=O) groups is 2. The molecule has 1 heterocycles. The molecule has 0 N–H and O–H groups in total. The second kappa shape index (κ2) is 10.8. The van der Waals surface area contributed by atoms with Crippen LogP contribution in [0.15, 0.2) is 60.3 Å². The van der Waals surface area contributed by atoms with E-state index in [4.69, 9.17) is 9.47 Å². The zero-order valence-electron chi connectivity index (χ0n) is 18.5. The summed E-state index contributed by atoms with van der Waals surface area (Å²) in [5.41, 5.74) is 2.42. The Kier molecular flexibility index (Phi) is 7.84. The quantitative estimate of drug-likeness (QED) is 0.403. The van der Waals surface area contributed by atoms with Crippen LogP contribution in [0.5, 0.6) is 5.75 Å². The van der Waals surface area contributed by atoms with Gasteiger partial charge in [-0.15, -0.1) is 0 Å². The molecule has 0 bridgehead atoms. The molecule has 0 atom stereocenters. The average Bonchev–Trinajstić information content (AvgIpc) is 3.03. The van der Waals surface area contributed by atoms with Gasteiger partial charge in [-0.3, -0.25) is 14.5 Å². The molecular weight excluding hydrogens is 392 g/mol. The summed E-state index contributed by atoms with van der Waals surface area (Å²) in [5.74, 6) is 0.195. The summed E-state index contributed by atoms with van der Waals surface area (Å²) >= 11 is 0. The normalized spacial score (nSPS) is 13.8. The molecule has 0 saturated carbocycles. The molecule has 2 amide bonds. The standard InChI is InChI=1S/C25H30N2O4/c1-4-26(20-11-8-7-9-12-20)23-22(19-13-15-21(16-14-19)31-6-3)24(28)27(25(23)29)17-10-18-30-5-2/h7-9,11-16H,4-6,10,17-18H2,1-3H3. The number of benzene rings is 2. The van der Waals surface area contributed by atoms with Crippen molar-refractivity contribution in [3.8, 4) is 5.75 Å². The van der Waals surface area contributed by atoms with Crippen molar-refractivity contribution >= 4 is 23.1 Å². The number of rotatable bonds is 11. The third-order valence-electron chi connectivity index (χ3n) is 5.13. The molecule has 2 aromatic carbocycles. The van der Waals surface area contributed by atoms with Crippen molar-refractivity contribution in [2.45, 2.75) is 27.2 Å². The molecule has 0 spiro atoms. The van der Waals surface area contributed by atoms with E-state index in [0.717, 1.165) is 11.4 Å². The molecule has 0 aliphatic carbocycles. The number of para-hydroxylation sites is 1. The highest BCUT2D eigenvalue weighted by Gasteiger charge is 2.41. The number of amides is 2. The average molecular weight is 423 g/mol. The van der Waals surface area contributed by atoms with Gasteiger partial charge in [-0.05, 0) is 57.0 Å². The van der Waals surface area contributed by atoms with E-state index >= 15 is 0 Å². The van der Waals surface area contributed by atoms with Crippen LogP contribution < -0.4 is 9.64 Å². The number of anilines is 1. The number of hydrogen-bond donors (Lipinski definition) is 0. The predicted molar refractivity (Wildman–Crippen MR) is 122 cm³/mol. The minimum absolute atomic E-state index is 0.268. The first-order valence-corrected chi connectivity index (χ1v) is 10.9. The van der Waals surface area contributed by atoms with E-state index in [1.807, 2.05) is 80.3 Å². The first-order chi connectivity index (χ1) is 15.1. The highest BCUT2D eigenvalue weighted by Crippen LogP contribution is 2.34. The maximum absolute atomic E-state index is 13.4. The summed E-state index contributed by atoms with van der Waals surface area (Å²) in [6.45, 7) is 8.40. The fourth-order valence-corrected chi connectivity index (χ4v) is 3.71. The second-order valence-corrected chi connectivity index (χ2v) is 7.07. The van der Waals surface area contributed by atoms with E-state index in [9.17, 15) is 9.59 Å². The van der Waals surface area contributed by atoms with E-state index in [1.165, 1.54) is 4.90 Å². The van der Waals surface area contributed by atoms with Gasteiger partial charge >= 0.3 is 0 Å². The van der Waals surface area contributed by atoms with E-state index in [0.29, 0.717) is 56.2 Å². The highest BCUT2D eigenvalue weighted by atomic mass is 16.5. The van der Waals surface area contributed by atoms with Crippen LogP contribution >= 0.6 is 0 Å².